The van der Waals surface area contributed by atoms with Crippen molar-refractivity contribution in [3.63, 3.8) is 0 Å². The highest BCUT2D eigenvalue weighted by molar-refractivity contribution is 6.45. The third-order valence-electron chi connectivity index (χ3n) is 3.56. The first kappa shape index (κ1) is 18.1. The van der Waals surface area contributed by atoms with E-state index in [0.29, 0.717) is 16.2 Å². The summed E-state index contributed by atoms with van der Waals surface area (Å²) in [5.74, 6) is -2.86. The lowest BCUT2D eigenvalue weighted by Crippen LogP contribution is -2.40. The van der Waals surface area contributed by atoms with Crippen LogP contribution in [-0.2, 0) is 14.4 Å². The first-order chi connectivity index (χ1) is 11.8. The molecule has 1 aromatic rings. The Bertz CT molecular complexity index is 741. The molecule has 0 radical (unpaired) electrons. The van der Waals surface area contributed by atoms with Crippen molar-refractivity contribution in [2.24, 2.45) is 0 Å². The van der Waals surface area contributed by atoms with Crippen molar-refractivity contribution in [1.29, 1.82) is 0 Å². The van der Waals surface area contributed by atoms with Gasteiger partial charge in [-0.15, -0.1) is 0 Å². The third kappa shape index (κ3) is 3.65. The van der Waals surface area contributed by atoms with Gasteiger partial charge in [0.2, 0.25) is 5.91 Å². The minimum atomic E-state index is -1.02. The molecule has 0 spiro atoms. The largest absolute Gasteiger partial charge is 0.355 e. The summed E-state index contributed by atoms with van der Waals surface area (Å²) in [5, 5.41) is 4.98. The van der Waals surface area contributed by atoms with Crippen LogP contribution in [0.4, 0.5) is 10.5 Å². The van der Waals surface area contributed by atoms with Gasteiger partial charge in [0.05, 0.1) is 0 Å². The minimum Gasteiger partial charge on any atom is -0.355 e. The molecule has 2 N–H and O–H groups in total. The van der Waals surface area contributed by atoms with Gasteiger partial charge >= 0.3 is 17.8 Å². The van der Waals surface area contributed by atoms with Crippen LogP contribution >= 0.6 is 0 Å². The van der Waals surface area contributed by atoms with E-state index >= 15 is 0 Å². The monoisotopic (exact) mass is 346 g/mol. The Morgan fingerprint density at radius 1 is 1.04 bits per heavy atom. The van der Waals surface area contributed by atoms with Gasteiger partial charge in [-0.1, -0.05) is 0 Å². The molecule has 1 aliphatic heterocycles. The number of carbonyl (C=O) groups is 5. The Balaban J connectivity index is 2.03. The predicted octanol–water partition coefficient (Wildman–Crippen LogP) is 0.184. The molecule has 2 rings (SSSR count). The predicted molar refractivity (Wildman–Crippen MR) is 87.6 cm³/mol. The SMILES string of the molecule is CNC(=O)c1ccc(NC(=O)CN2C(=O)C(=O)N(C(C)C)C2=O)cc1. The van der Waals surface area contributed by atoms with E-state index in [-0.39, 0.29) is 5.91 Å². The molecule has 0 bridgehead atoms. The maximum atomic E-state index is 12.1. The van der Waals surface area contributed by atoms with Gasteiger partial charge in [0.1, 0.15) is 6.54 Å². The van der Waals surface area contributed by atoms with E-state index in [0.717, 1.165) is 4.90 Å². The van der Waals surface area contributed by atoms with Crippen LogP contribution in [0.1, 0.15) is 24.2 Å². The number of nitrogens with zero attached hydrogens (tertiary/aromatic N) is 2. The first-order valence-electron chi connectivity index (χ1n) is 7.57. The number of urea groups is 1. The molecule has 1 saturated heterocycles. The lowest BCUT2D eigenvalue weighted by molar-refractivity contribution is -0.144. The molecular weight excluding hydrogens is 328 g/mol. The summed E-state index contributed by atoms with van der Waals surface area (Å²) >= 11 is 0. The van der Waals surface area contributed by atoms with E-state index in [2.05, 4.69) is 10.6 Å². The maximum absolute atomic E-state index is 12.1. The Hall–Kier alpha value is -3.23. The molecule has 0 unspecified atom stereocenters. The number of nitrogens with one attached hydrogen (secondary N) is 2. The number of hydrogen-bond acceptors (Lipinski definition) is 5. The lowest BCUT2D eigenvalue weighted by atomic mass is 10.2. The van der Waals surface area contributed by atoms with Gasteiger partial charge in [-0.2, -0.15) is 0 Å². The summed E-state index contributed by atoms with van der Waals surface area (Å²) in [6.07, 6.45) is 0. The van der Waals surface area contributed by atoms with Crippen molar-refractivity contribution in [2.75, 3.05) is 18.9 Å². The summed E-state index contributed by atoms with van der Waals surface area (Å²) < 4.78 is 0. The Morgan fingerprint density at radius 2 is 1.64 bits per heavy atom. The summed E-state index contributed by atoms with van der Waals surface area (Å²) in [4.78, 5) is 60.7. The molecule has 6 amide bonds. The molecule has 0 saturated carbocycles. The van der Waals surface area contributed by atoms with E-state index in [1.807, 2.05) is 0 Å². The molecule has 1 fully saturated rings. The van der Waals surface area contributed by atoms with Crippen molar-refractivity contribution in [3.8, 4) is 0 Å². The molecule has 0 aliphatic carbocycles. The van der Waals surface area contributed by atoms with Crippen LogP contribution in [0.2, 0.25) is 0 Å². The highest BCUT2D eigenvalue weighted by atomic mass is 16.2. The van der Waals surface area contributed by atoms with Crippen LogP contribution in [-0.4, -0.2) is 59.1 Å². The van der Waals surface area contributed by atoms with Gasteiger partial charge < -0.3 is 10.6 Å². The van der Waals surface area contributed by atoms with E-state index in [1.54, 1.807) is 13.8 Å². The fourth-order valence-electron chi connectivity index (χ4n) is 2.31. The lowest BCUT2D eigenvalue weighted by Gasteiger charge is -2.18. The topological polar surface area (TPSA) is 116 Å². The molecule has 9 nitrogen and oxygen atoms in total. The van der Waals surface area contributed by atoms with Crippen LogP contribution in [0.3, 0.4) is 0 Å². The van der Waals surface area contributed by atoms with Gasteiger partial charge in [0.25, 0.3) is 5.91 Å². The van der Waals surface area contributed by atoms with Crippen molar-refractivity contribution in [1.82, 2.24) is 15.1 Å². The number of amides is 6. The van der Waals surface area contributed by atoms with Gasteiger partial charge in [0.15, 0.2) is 0 Å². The van der Waals surface area contributed by atoms with E-state index in [4.69, 9.17) is 0 Å². The van der Waals surface area contributed by atoms with Crippen LogP contribution in [0.5, 0.6) is 0 Å². The zero-order valence-corrected chi connectivity index (χ0v) is 14.0. The molecule has 1 heterocycles. The van der Waals surface area contributed by atoms with Gasteiger partial charge in [-0.3, -0.25) is 24.1 Å². The first-order valence-corrected chi connectivity index (χ1v) is 7.57. The molecule has 25 heavy (non-hydrogen) atoms. The summed E-state index contributed by atoms with van der Waals surface area (Å²) in [7, 11) is 1.50. The second-order valence-electron chi connectivity index (χ2n) is 5.65. The Morgan fingerprint density at radius 3 is 2.12 bits per heavy atom. The number of hydrogen-bond donors (Lipinski definition) is 2. The molecule has 132 valence electrons. The van der Waals surface area contributed by atoms with Crippen molar-refractivity contribution < 1.29 is 24.0 Å². The molecule has 1 aromatic carbocycles. The Labute approximate surface area is 144 Å². The Kier molecular flexibility index (Phi) is 5.16. The molecule has 0 atom stereocenters. The van der Waals surface area contributed by atoms with Crippen LogP contribution in [0.25, 0.3) is 0 Å². The van der Waals surface area contributed by atoms with Gasteiger partial charge in [-0.25, -0.2) is 9.69 Å². The van der Waals surface area contributed by atoms with Crippen molar-refractivity contribution in [2.45, 2.75) is 19.9 Å². The van der Waals surface area contributed by atoms with Gasteiger partial charge in [-0.05, 0) is 38.1 Å². The number of benzene rings is 1. The molecular formula is C16H18N4O5. The molecule has 9 heteroatoms. The van der Waals surface area contributed by atoms with E-state index in [1.165, 1.54) is 31.3 Å². The van der Waals surface area contributed by atoms with Crippen LogP contribution in [0.15, 0.2) is 24.3 Å². The number of anilines is 1. The normalized spacial score (nSPS) is 14.3. The van der Waals surface area contributed by atoms with E-state index in [9.17, 15) is 24.0 Å². The van der Waals surface area contributed by atoms with Gasteiger partial charge in [0, 0.05) is 24.3 Å². The quantitative estimate of drug-likeness (QED) is 0.583. The number of rotatable bonds is 5. The zero-order chi connectivity index (χ0) is 18.7. The standard InChI is InChI=1S/C16H18N4O5/c1-9(2)20-15(24)14(23)19(16(20)25)8-12(21)18-11-6-4-10(5-7-11)13(22)17-3/h4-7,9H,8H2,1-3H3,(H,17,22)(H,18,21). The highest BCUT2D eigenvalue weighted by Gasteiger charge is 2.46. The van der Waals surface area contributed by atoms with Crippen molar-refractivity contribution >= 4 is 35.3 Å². The second kappa shape index (κ2) is 7.12. The molecule has 1 aliphatic rings. The fourth-order valence-corrected chi connectivity index (χ4v) is 2.31. The fraction of sp³-hybridized carbons (Fsp3) is 0.312. The number of carbonyl (C=O) groups excluding carboxylic acids is 5. The van der Waals surface area contributed by atoms with E-state index < -0.39 is 36.3 Å². The summed E-state index contributed by atoms with van der Waals surface area (Å²) in [5.41, 5.74) is 0.812. The minimum absolute atomic E-state index is 0.265. The highest BCUT2D eigenvalue weighted by Crippen LogP contribution is 2.16. The average molecular weight is 346 g/mol. The van der Waals surface area contributed by atoms with Crippen LogP contribution in [0, 0.1) is 0 Å². The number of imide groups is 2. The summed E-state index contributed by atoms with van der Waals surface area (Å²) in [6, 6.07) is 4.78. The summed E-state index contributed by atoms with van der Waals surface area (Å²) in [6.45, 7) is 2.63. The second-order valence-corrected chi connectivity index (χ2v) is 5.65. The smallest absolute Gasteiger partial charge is 0.334 e. The van der Waals surface area contributed by atoms with Crippen molar-refractivity contribution in [3.05, 3.63) is 29.8 Å². The third-order valence-corrected chi connectivity index (χ3v) is 3.56. The maximum Gasteiger partial charge on any atom is 0.334 e. The zero-order valence-electron chi connectivity index (χ0n) is 14.0. The average Bonchev–Trinajstić information content (AvgIpc) is 2.78. The van der Waals surface area contributed by atoms with Crippen LogP contribution < -0.4 is 10.6 Å². The molecule has 0 aromatic heterocycles.